The molecule has 2 aromatic heterocycles. The van der Waals surface area contributed by atoms with Gasteiger partial charge in [0, 0.05) is 48.4 Å². The number of carbonyl (C=O) groups excluding carboxylic acids is 2. The highest BCUT2D eigenvalue weighted by Gasteiger charge is 2.43. The second-order valence-corrected chi connectivity index (χ2v) is 16.5. The van der Waals surface area contributed by atoms with Crippen molar-refractivity contribution < 1.29 is 65.8 Å². The van der Waals surface area contributed by atoms with E-state index < -0.39 is 78.1 Å². The molecule has 1 fully saturated rings. The Bertz CT molecular complexity index is 2010. The number of aromatic amines is 2. The molecule has 11 N–H and O–H groups in total. The number of fused-ring (bicyclic) bond motifs is 1. The zero-order valence-electron chi connectivity index (χ0n) is 27.9. The fourth-order valence-electron chi connectivity index (χ4n) is 5.41. The monoisotopic (exact) mass is 810 g/mol. The fourth-order valence-corrected chi connectivity index (χ4v) is 8.44. The van der Waals surface area contributed by atoms with Crippen LogP contribution in [0.15, 0.2) is 46.2 Å². The molecular weight excluding hydrogens is 769 g/mol. The van der Waals surface area contributed by atoms with Gasteiger partial charge in [0.2, 0.25) is 11.8 Å². The molecule has 53 heavy (non-hydrogen) atoms. The molecule has 2 unspecified atom stereocenters. The minimum atomic E-state index is -5.77. The molecule has 1 aliphatic rings. The summed E-state index contributed by atoms with van der Waals surface area (Å²) in [4.78, 5) is 91.2. The largest absolute Gasteiger partial charge is 0.490 e. The number of carbonyl (C=O) groups is 2. The number of ether oxygens (including phenoxy) is 1. The Morgan fingerprint density at radius 1 is 0.981 bits per heavy atom. The zero-order chi connectivity index (χ0) is 39.0. The van der Waals surface area contributed by atoms with Crippen LogP contribution in [0.2, 0.25) is 0 Å². The molecule has 3 aromatic rings. The van der Waals surface area contributed by atoms with Crippen molar-refractivity contribution in [2.45, 2.75) is 69.4 Å². The molecule has 25 heteroatoms. The lowest BCUT2D eigenvalue weighted by atomic mass is 10.1. The van der Waals surface area contributed by atoms with Crippen molar-refractivity contribution in [3.05, 3.63) is 68.6 Å². The van der Waals surface area contributed by atoms with Crippen LogP contribution in [0.25, 0.3) is 10.9 Å². The SMILES string of the molecule is N[C@@H](Cc1c[nH]c2ccccc12)C(=O)NCCCCCCNC(=O)Cc1cn([C@H]2C[C@H](O)[C@@H](COP(=O)(O)OP(=O)(O)OP(=O)(O)O)O2)c(=O)[nH]c1=O. The van der Waals surface area contributed by atoms with E-state index in [1.54, 1.807) is 0 Å². The van der Waals surface area contributed by atoms with Gasteiger partial charge in [-0.1, -0.05) is 31.0 Å². The summed E-state index contributed by atoms with van der Waals surface area (Å²) >= 11 is 0. The number of para-hydroxylation sites is 1. The quantitative estimate of drug-likeness (QED) is 0.0527. The average Bonchev–Trinajstić information content (AvgIpc) is 3.63. The number of aromatic nitrogens is 3. The van der Waals surface area contributed by atoms with Gasteiger partial charge in [0.15, 0.2) is 0 Å². The van der Waals surface area contributed by atoms with Crippen molar-refractivity contribution in [2.75, 3.05) is 19.7 Å². The summed E-state index contributed by atoms with van der Waals surface area (Å²) in [5.74, 6) is -0.760. The number of H-pyrrole nitrogens is 2. The molecule has 1 saturated heterocycles. The number of aliphatic hydroxyl groups is 1. The first-order valence-corrected chi connectivity index (χ1v) is 20.7. The number of nitrogens with one attached hydrogen (secondary N) is 4. The number of phosphoric acid groups is 3. The molecule has 1 aliphatic heterocycles. The van der Waals surface area contributed by atoms with Crippen molar-refractivity contribution in [3.8, 4) is 0 Å². The standard InChI is InChI=1S/C28H41N6O16P3/c29-20(11-17-14-32-21-8-4-3-7-19(17)21)27(38)31-10-6-2-1-5-9-30-24(36)12-18-15-34(28(39)33-26(18)37)25-13-22(35)23(48-25)16-47-52(43,44)50-53(45,46)49-51(40,41)42/h3-4,7-8,14-15,20,22-23,25,32,35H,1-2,5-6,9-13,16,29H2,(H,30,36)(H,31,38)(H,43,44)(H,45,46)(H,33,37,39)(H2,40,41,42)/t20-,22-,23+,25+/m0/s1. The predicted octanol–water partition coefficient (Wildman–Crippen LogP) is -0.0851. The van der Waals surface area contributed by atoms with Crippen molar-refractivity contribution in [3.63, 3.8) is 0 Å². The summed E-state index contributed by atoms with van der Waals surface area (Å²) in [7, 11) is -16.9. The van der Waals surface area contributed by atoms with Gasteiger partial charge in [-0.05, 0) is 30.9 Å². The topological polar surface area (TPSA) is 344 Å². The van der Waals surface area contributed by atoms with E-state index in [0.29, 0.717) is 32.4 Å². The van der Waals surface area contributed by atoms with Crippen LogP contribution in [0.3, 0.4) is 0 Å². The van der Waals surface area contributed by atoms with Crippen molar-refractivity contribution in [1.82, 2.24) is 25.2 Å². The van der Waals surface area contributed by atoms with Crippen molar-refractivity contribution in [2.24, 2.45) is 5.73 Å². The van der Waals surface area contributed by atoms with E-state index >= 15 is 0 Å². The minimum absolute atomic E-state index is 0.115. The fraction of sp³-hybridized carbons (Fsp3) is 0.500. The van der Waals surface area contributed by atoms with Crippen LogP contribution in [0.1, 0.15) is 49.5 Å². The third kappa shape index (κ3) is 13.2. The average molecular weight is 811 g/mol. The van der Waals surface area contributed by atoms with Crippen LogP contribution in [0, 0.1) is 0 Å². The molecule has 22 nitrogen and oxygen atoms in total. The lowest BCUT2D eigenvalue weighted by Gasteiger charge is -2.19. The summed E-state index contributed by atoms with van der Waals surface area (Å²) in [6, 6.07) is 7.06. The van der Waals surface area contributed by atoms with Gasteiger partial charge >= 0.3 is 29.2 Å². The van der Waals surface area contributed by atoms with E-state index in [-0.39, 0.29) is 17.9 Å². The van der Waals surface area contributed by atoms with Gasteiger partial charge in [0.1, 0.15) is 12.3 Å². The van der Waals surface area contributed by atoms with Gasteiger partial charge in [-0.3, -0.25) is 28.5 Å². The number of aliphatic hydroxyl groups excluding tert-OH is 1. The van der Waals surface area contributed by atoms with Gasteiger partial charge in [-0.2, -0.15) is 8.62 Å². The molecule has 4 rings (SSSR count). The van der Waals surface area contributed by atoms with Crippen LogP contribution in [-0.4, -0.2) is 89.0 Å². The van der Waals surface area contributed by atoms with Crippen LogP contribution in [-0.2, 0) is 54.0 Å². The van der Waals surface area contributed by atoms with E-state index in [4.69, 9.17) is 20.3 Å². The molecule has 0 saturated carbocycles. The van der Waals surface area contributed by atoms with Crippen LogP contribution in [0.4, 0.5) is 0 Å². The van der Waals surface area contributed by atoms with E-state index in [9.17, 15) is 47.8 Å². The van der Waals surface area contributed by atoms with E-state index in [2.05, 4.69) is 28.8 Å². The predicted molar refractivity (Wildman–Crippen MR) is 184 cm³/mol. The summed E-state index contributed by atoms with van der Waals surface area (Å²) in [6.07, 6.45) is 1.29. The third-order valence-corrected chi connectivity index (χ3v) is 11.7. The molecule has 0 bridgehead atoms. The Kier molecular flexibility index (Phi) is 14.7. The number of nitrogens with zero attached hydrogens (tertiary/aromatic N) is 1. The summed E-state index contributed by atoms with van der Waals surface area (Å²) in [5.41, 5.74) is 6.13. The van der Waals surface area contributed by atoms with Gasteiger partial charge in [-0.15, -0.1) is 0 Å². The van der Waals surface area contributed by atoms with Gasteiger partial charge in [0.25, 0.3) is 5.56 Å². The number of unbranched alkanes of at least 4 members (excludes halogenated alkanes) is 3. The number of rotatable bonds is 20. The number of nitrogens with two attached hydrogens (primary N) is 1. The van der Waals surface area contributed by atoms with Gasteiger partial charge in [-0.25, -0.2) is 18.5 Å². The summed E-state index contributed by atoms with van der Waals surface area (Å²) in [5, 5.41) is 16.9. The molecule has 0 aliphatic carbocycles. The highest BCUT2D eigenvalue weighted by molar-refractivity contribution is 7.66. The molecule has 3 heterocycles. The van der Waals surface area contributed by atoms with Crippen molar-refractivity contribution >= 4 is 46.2 Å². The number of hydrogen-bond acceptors (Lipinski definition) is 13. The molecule has 2 amide bonds. The second kappa shape index (κ2) is 18.3. The highest BCUT2D eigenvalue weighted by Crippen LogP contribution is 2.66. The highest BCUT2D eigenvalue weighted by atomic mass is 31.3. The zero-order valence-corrected chi connectivity index (χ0v) is 30.6. The Labute approximate surface area is 300 Å². The Morgan fingerprint density at radius 2 is 1.66 bits per heavy atom. The van der Waals surface area contributed by atoms with Crippen molar-refractivity contribution in [1.29, 1.82) is 0 Å². The molecule has 1 aromatic carbocycles. The second-order valence-electron chi connectivity index (χ2n) is 12.0. The molecule has 0 radical (unpaired) electrons. The summed E-state index contributed by atoms with van der Waals surface area (Å²) in [6.45, 7) is -0.223. The number of amides is 2. The van der Waals surface area contributed by atoms with Gasteiger partial charge in [0.05, 0.1) is 25.2 Å². The van der Waals surface area contributed by atoms with Gasteiger partial charge < -0.3 is 50.8 Å². The maximum Gasteiger partial charge on any atom is 0.490 e. The Balaban J connectivity index is 1.15. The van der Waals surface area contributed by atoms with Crippen LogP contribution in [0.5, 0.6) is 0 Å². The third-order valence-electron chi connectivity index (χ3n) is 7.90. The Hall–Kier alpha value is -3.33. The first-order chi connectivity index (χ1) is 24.8. The number of phosphoric ester groups is 1. The first-order valence-electron chi connectivity index (χ1n) is 16.1. The van der Waals surface area contributed by atoms with E-state index in [1.807, 2.05) is 35.4 Å². The maximum absolute atomic E-state index is 12.5. The Morgan fingerprint density at radius 3 is 2.36 bits per heavy atom. The number of benzene rings is 1. The van der Waals surface area contributed by atoms with E-state index in [1.165, 1.54) is 0 Å². The maximum atomic E-state index is 12.5. The first kappa shape index (κ1) is 42.4. The van der Waals surface area contributed by atoms with Crippen LogP contribution < -0.4 is 27.6 Å². The van der Waals surface area contributed by atoms with E-state index in [0.717, 1.165) is 40.1 Å². The lowest BCUT2D eigenvalue weighted by Crippen LogP contribution is -2.42. The molecule has 294 valence electrons. The lowest BCUT2D eigenvalue weighted by molar-refractivity contribution is -0.122. The molecular formula is C28H41N6O16P3. The molecule has 6 atom stereocenters. The minimum Gasteiger partial charge on any atom is -0.390 e. The number of hydrogen-bond donors (Lipinski definition) is 10. The summed E-state index contributed by atoms with van der Waals surface area (Å²) < 4.78 is 52.3. The normalized spacial score (nSPS) is 20.5. The van der Waals surface area contributed by atoms with Crippen LogP contribution >= 0.6 is 23.5 Å². The molecule has 0 spiro atoms. The smallest absolute Gasteiger partial charge is 0.390 e.